The molecule has 0 aromatic heterocycles. The largest absolute Gasteiger partial charge is 0.497 e. The first-order valence-electron chi connectivity index (χ1n) is 10.8. The van der Waals surface area contributed by atoms with E-state index in [1.165, 1.54) is 18.5 Å². The molecule has 0 spiro atoms. The highest BCUT2D eigenvalue weighted by Gasteiger charge is 2.25. The van der Waals surface area contributed by atoms with Gasteiger partial charge < -0.3 is 15.0 Å². The third kappa shape index (κ3) is 7.78. The second kappa shape index (κ2) is 12.2. The number of likely N-dealkylation sites (N-methyl/N-ethyl adjacent to an activating group) is 1. The van der Waals surface area contributed by atoms with Crippen molar-refractivity contribution in [1.82, 2.24) is 10.2 Å². The summed E-state index contributed by atoms with van der Waals surface area (Å²) in [6.07, 6.45) is 2.18. The highest BCUT2D eigenvalue weighted by molar-refractivity contribution is 7.92. The number of carbonyl (C=O) groups is 2. The van der Waals surface area contributed by atoms with E-state index in [-0.39, 0.29) is 24.8 Å². The van der Waals surface area contributed by atoms with Crippen LogP contribution in [0.4, 0.5) is 5.69 Å². The average molecular weight is 476 g/mol. The lowest BCUT2D eigenvalue weighted by atomic mass is 10.1. The van der Waals surface area contributed by atoms with Gasteiger partial charge in [0.15, 0.2) is 0 Å². The molecule has 2 aromatic rings. The third-order valence-corrected chi connectivity index (χ3v) is 6.59. The topological polar surface area (TPSA) is 96.0 Å². The van der Waals surface area contributed by atoms with Gasteiger partial charge in [0.25, 0.3) is 0 Å². The molecule has 180 valence electrons. The predicted octanol–water partition coefficient (Wildman–Crippen LogP) is 2.45. The van der Waals surface area contributed by atoms with Crippen LogP contribution in [0, 0.1) is 0 Å². The molecule has 2 rings (SSSR count). The molecular weight excluding hydrogens is 442 g/mol. The maximum absolute atomic E-state index is 13.1. The van der Waals surface area contributed by atoms with E-state index in [1.54, 1.807) is 36.1 Å². The van der Waals surface area contributed by atoms with Gasteiger partial charge in [0, 0.05) is 32.6 Å². The Bertz CT molecular complexity index is 1030. The van der Waals surface area contributed by atoms with Crippen LogP contribution in [0.2, 0.25) is 0 Å². The predicted molar refractivity (Wildman–Crippen MR) is 130 cm³/mol. The zero-order valence-electron chi connectivity index (χ0n) is 19.7. The van der Waals surface area contributed by atoms with Crippen LogP contribution in [0.3, 0.4) is 0 Å². The number of hydrogen-bond donors (Lipinski definition) is 1. The molecule has 0 bridgehead atoms. The van der Waals surface area contributed by atoms with Gasteiger partial charge in [-0.3, -0.25) is 13.9 Å². The van der Waals surface area contributed by atoms with E-state index in [1.807, 2.05) is 30.3 Å². The van der Waals surface area contributed by atoms with E-state index in [0.717, 1.165) is 11.8 Å². The van der Waals surface area contributed by atoms with Crippen LogP contribution in [0.1, 0.15) is 25.3 Å². The Morgan fingerprint density at radius 3 is 2.36 bits per heavy atom. The Balaban J connectivity index is 2.09. The molecule has 0 saturated carbocycles. The number of carbonyl (C=O) groups excluding carboxylic acids is 2. The summed E-state index contributed by atoms with van der Waals surface area (Å²) in [5.74, 6) is 0.107. The molecule has 1 atom stereocenters. The lowest BCUT2D eigenvalue weighted by Gasteiger charge is -2.29. The standard InChI is InChI=1S/C24H33N3O5S/c1-19(24(29)25-2)26(17-15-20-10-6-5-7-11-20)23(28)14-9-16-27(33(4,30)31)21-12-8-13-22(18-21)32-3/h5-8,10-13,18-19H,9,14-17H2,1-4H3,(H,25,29)/t19-/m1/s1. The summed E-state index contributed by atoms with van der Waals surface area (Å²) >= 11 is 0. The van der Waals surface area contributed by atoms with E-state index >= 15 is 0 Å². The molecule has 2 aromatic carbocycles. The molecule has 0 fully saturated rings. The van der Waals surface area contributed by atoms with Gasteiger partial charge in [-0.15, -0.1) is 0 Å². The van der Waals surface area contributed by atoms with Gasteiger partial charge in [-0.25, -0.2) is 8.42 Å². The number of nitrogens with one attached hydrogen (secondary N) is 1. The van der Waals surface area contributed by atoms with Crippen molar-refractivity contribution in [3.05, 3.63) is 60.2 Å². The number of sulfonamides is 1. The van der Waals surface area contributed by atoms with Gasteiger partial charge in [0.05, 0.1) is 19.1 Å². The van der Waals surface area contributed by atoms with Crippen molar-refractivity contribution in [2.45, 2.75) is 32.2 Å². The number of rotatable bonds is 12. The molecule has 0 aliphatic rings. The van der Waals surface area contributed by atoms with Gasteiger partial charge in [0.2, 0.25) is 21.8 Å². The number of anilines is 1. The maximum atomic E-state index is 13.1. The SMILES string of the molecule is CNC(=O)[C@@H](C)N(CCc1ccccc1)C(=O)CCCN(c1cccc(OC)c1)S(C)(=O)=O. The molecule has 0 radical (unpaired) electrons. The Morgan fingerprint density at radius 2 is 1.76 bits per heavy atom. The van der Waals surface area contributed by atoms with Crippen LogP contribution in [-0.2, 0) is 26.0 Å². The van der Waals surface area contributed by atoms with Crippen molar-refractivity contribution < 1.29 is 22.7 Å². The Morgan fingerprint density at radius 1 is 1.06 bits per heavy atom. The van der Waals surface area contributed by atoms with Crippen LogP contribution >= 0.6 is 0 Å². The average Bonchev–Trinajstić information content (AvgIpc) is 2.81. The first-order chi connectivity index (χ1) is 15.7. The summed E-state index contributed by atoms with van der Waals surface area (Å²) in [5.41, 5.74) is 1.55. The number of amides is 2. The number of ether oxygens (including phenoxy) is 1. The molecule has 0 aliphatic carbocycles. The molecular formula is C24H33N3O5S. The van der Waals surface area contributed by atoms with E-state index in [2.05, 4.69) is 5.32 Å². The first-order valence-corrected chi connectivity index (χ1v) is 12.7. The monoisotopic (exact) mass is 475 g/mol. The fourth-order valence-electron chi connectivity index (χ4n) is 3.55. The minimum Gasteiger partial charge on any atom is -0.497 e. The summed E-state index contributed by atoms with van der Waals surface area (Å²) in [6, 6.07) is 15.9. The highest BCUT2D eigenvalue weighted by Crippen LogP contribution is 2.23. The van der Waals surface area contributed by atoms with Crippen LogP contribution in [0.15, 0.2) is 54.6 Å². The lowest BCUT2D eigenvalue weighted by molar-refractivity contribution is -0.139. The van der Waals surface area contributed by atoms with Crippen molar-refractivity contribution in [3.63, 3.8) is 0 Å². The molecule has 0 aliphatic heterocycles. The molecule has 2 amide bonds. The second-order valence-electron chi connectivity index (χ2n) is 7.75. The zero-order valence-corrected chi connectivity index (χ0v) is 20.5. The fourth-order valence-corrected chi connectivity index (χ4v) is 4.51. The number of nitrogens with zero attached hydrogens (tertiary/aromatic N) is 2. The summed E-state index contributed by atoms with van der Waals surface area (Å²) < 4.78 is 31.2. The number of hydrogen-bond acceptors (Lipinski definition) is 5. The Kier molecular flexibility index (Phi) is 9.72. The Hall–Kier alpha value is -3.07. The van der Waals surface area contributed by atoms with Gasteiger partial charge in [-0.2, -0.15) is 0 Å². The first kappa shape index (κ1) is 26.2. The Labute approximate surface area is 196 Å². The highest BCUT2D eigenvalue weighted by atomic mass is 32.2. The van der Waals surface area contributed by atoms with Crippen LogP contribution in [0.5, 0.6) is 5.75 Å². The summed E-state index contributed by atoms with van der Waals surface area (Å²) in [5, 5.41) is 2.59. The van der Waals surface area contributed by atoms with Gasteiger partial charge >= 0.3 is 0 Å². The zero-order chi connectivity index (χ0) is 24.4. The van der Waals surface area contributed by atoms with Crippen LogP contribution in [-0.4, -0.2) is 64.7 Å². The minimum atomic E-state index is -3.55. The van der Waals surface area contributed by atoms with Crippen molar-refractivity contribution in [2.75, 3.05) is 37.8 Å². The molecule has 33 heavy (non-hydrogen) atoms. The van der Waals surface area contributed by atoms with Crippen molar-refractivity contribution >= 4 is 27.5 Å². The van der Waals surface area contributed by atoms with Crippen molar-refractivity contribution in [1.29, 1.82) is 0 Å². The molecule has 0 saturated heterocycles. The maximum Gasteiger partial charge on any atom is 0.242 e. The number of benzene rings is 2. The smallest absolute Gasteiger partial charge is 0.242 e. The normalized spacial score (nSPS) is 12.0. The van der Waals surface area contributed by atoms with Crippen LogP contribution in [0.25, 0.3) is 0 Å². The van der Waals surface area contributed by atoms with Gasteiger partial charge in [-0.05, 0) is 37.5 Å². The van der Waals surface area contributed by atoms with Gasteiger partial charge in [-0.1, -0.05) is 36.4 Å². The van der Waals surface area contributed by atoms with E-state index in [9.17, 15) is 18.0 Å². The summed E-state index contributed by atoms with van der Waals surface area (Å²) in [4.78, 5) is 26.8. The summed E-state index contributed by atoms with van der Waals surface area (Å²) in [7, 11) is -0.500. The second-order valence-corrected chi connectivity index (χ2v) is 9.66. The van der Waals surface area contributed by atoms with E-state index < -0.39 is 16.1 Å². The van der Waals surface area contributed by atoms with Gasteiger partial charge in [0.1, 0.15) is 11.8 Å². The quantitative estimate of drug-likeness (QED) is 0.509. The van der Waals surface area contributed by atoms with E-state index in [0.29, 0.717) is 30.8 Å². The van der Waals surface area contributed by atoms with Crippen LogP contribution < -0.4 is 14.4 Å². The van der Waals surface area contributed by atoms with Crippen molar-refractivity contribution in [3.8, 4) is 5.75 Å². The fraction of sp³-hybridized carbons (Fsp3) is 0.417. The number of methoxy groups -OCH3 is 1. The molecule has 0 heterocycles. The minimum absolute atomic E-state index is 0.117. The molecule has 8 nitrogen and oxygen atoms in total. The summed E-state index contributed by atoms with van der Waals surface area (Å²) in [6.45, 7) is 2.22. The molecule has 9 heteroatoms. The molecule has 0 unspecified atom stereocenters. The van der Waals surface area contributed by atoms with E-state index in [4.69, 9.17) is 4.74 Å². The third-order valence-electron chi connectivity index (χ3n) is 5.39. The molecule has 1 N–H and O–H groups in total. The lowest BCUT2D eigenvalue weighted by Crippen LogP contribution is -2.48. The van der Waals surface area contributed by atoms with Crippen molar-refractivity contribution in [2.24, 2.45) is 0 Å².